The number of nitrogens with zero attached hydrogens (tertiary/aromatic N) is 1. The number of aliphatic carboxylic acids is 1. The number of carboxylic acid groups (broad SMARTS) is 1. The summed E-state index contributed by atoms with van der Waals surface area (Å²) in [4.78, 5) is 31.0. The Kier molecular flexibility index (Phi) is 6.65. The summed E-state index contributed by atoms with van der Waals surface area (Å²) in [6.07, 6.45) is 2.56. The molecule has 1 amide bonds. The first kappa shape index (κ1) is 21.6. The summed E-state index contributed by atoms with van der Waals surface area (Å²) >= 11 is 0. The van der Waals surface area contributed by atoms with Gasteiger partial charge in [-0.1, -0.05) is 36.4 Å². The Hall–Kier alpha value is -4.59. The number of anilines is 3. The fourth-order valence-electron chi connectivity index (χ4n) is 3.25. The second-order valence-electron chi connectivity index (χ2n) is 7.24. The lowest BCUT2D eigenvalue weighted by atomic mass is 10.1. The zero-order chi connectivity index (χ0) is 23.0. The van der Waals surface area contributed by atoms with E-state index in [1.165, 1.54) is 0 Å². The molecule has 0 saturated carbocycles. The van der Waals surface area contributed by atoms with Gasteiger partial charge >= 0.3 is 5.97 Å². The lowest BCUT2D eigenvalue weighted by Gasteiger charge is -2.18. The second-order valence-corrected chi connectivity index (χ2v) is 7.24. The van der Waals surface area contributed by atoms with Gasteiger partial charge in [0.25, 0.3) is 5.91 Å². The van der Waals surface area contributed by atoms with E-state index in [0.717, 1.165) is 11.3 Å². The summed E-state index contributed by atoms with van der Waals surface area (Å²) in [6.45, 7) is 0. The lowest BCUT2D eigenvalue weighted by molar-refractivity contribution is -0.138. The van der Waals surface area contributed by atoms with Gasteiger partial charge in [-0.05, 0) is 48.0 Å². The van der Waals surface area contributed by atoms with Gasteiger partial charge in [-0.3, -0.25) is 9.59 Å². The first-order valence-corrected chi connectivity index (χ1v) is 10.3. The normalized spacial score (nSPS) is 11.4. The van der Waals surface area contributed by atoms with Crippen LogP contribution in [0.3, 0.4) is 0 Å². The van der Waals surface area contributed by atoms with Crippen LogP contribution in [0.1, 0.15) is 28.4 Å². The number of rotatable bonds is 9. The van der Waals surface area contributed by atoms with Crippen LogP contribution < -0.4 is 15.4 Å². The van der Waals surface area contributed by atoms with Crippen molar-refractivity contribution in [3.8, 4) is 5.75 Å². The average molecular weight is 442 g/mol. The number of benzene rings is 3. The molecule has 4 rings (SSSR count). The minimum atomic E-state index is -0.948. The van der Waals surface area contributed by atoms with Crippen molar-refractivity contribution in [2.45, 2.75) is 12.5 Å². The van der Waals surface area contributed by atoms with Crippen molar-refractivity contribution < 1.29 is 19.4 Å². The molecule has 0 bridgehead atoms. The van der Waals surface area contributed by atoms with Crippen LogP contribution in [0.5, 0.6) is 5.75 Å². The maximum atomic E-state index is 12.7. The molecule has 8 nitrogen and oxygen atoms in total. The van der Waals surface area contributed by atoms with Crippen LogP contribution in [0.2, 0.25) is 0 Å². The number of ether oxygens (including phenoxy) is 1. The Labute approximate surface area is 190 Å². The molecule has 166 valence electrons. The summed E-state index contributed by atoms with van der Waals surface area (Å²) in [6, 6.07) is 23.1. The van der Waals surface area contributed by atoms with Crippen LogP contribution in [-0.4, -0.2) is 27.0 Å². The van der Waals surface area contributed by atoms with E-state index in [0.29, 0.717) is 22.9 Å². The van der Waals surface area contributed by atoms with Gasteiger partial charge in [0.2, 0.25) is 5.95 Å². The van der Waals surface area contributed by atoms with Gasteiger partial charge in [0.15, 0.2) is 0 Å². The van der Waals surface area contributed by atoms with E-state index >= 15 is 0 Å². The number of hydrogen-bond acceptors (Lipinski definition) is 5. The van der Waals surface area contributed by atoms with E-state index in [2.05, 4.69) is 20.6 Å². The molecule has 0 radical (unpaired) electrons. The standard InChI is InChI=1S/C25H22N4O4/c30-23(31)16-22(17-5-2-1-3-6-17)33-21-11-9-19(10-12-21)28-24(32)18-7-4-8-20(15-18)29-25-26-13-14-27-25/h1-15,22H,16H2,(H,28,32)(H,30,31)(H2,26,27,29). The first-order valence-electron chi connectivity index (χ1n) is 10.3. The van der Waals surface area contributed by atoms with Crippen LogP contribution in [-0.2, 0) is 4.79 Å². The largest absolute Gasteiger partial charge is 0.485 e. The predicted octanol–water partition coefficient (Wildman–Crippen LogP) is 5.00. The lowest BCUT2D eigenvalue weighted by Crippen LogP contribution is -2.13. The van der Waals surface area contributed by atoms with Crippen molar-refractivity contribution in [3.63, 3.8) is 0 Å². The summed E-state index contributed by atoms with van der Waals surface area (Å²) < 4.78 is 5.91. The number of carbonyl (C=O) groups is 2. The maximum Gasteiger partial charge on any atom is 0.307 e. The number of nitrogens with one attached hydrogen (secondary N) is 3. The number of imidazole rings is 1. The number of carbonyl (C=O) groups excluding carboxylic acids is 1. The maximum absolute atomic E-state index is 12.7. The molecule has 0 aliphatic heterocycles. The van der Waals surface area contributed by atoms with Crippen LogP contribution in [0, 0.1) is 0 Å². The highest BCUT2D eigenvalue weighted by atomic mass is 16.5. The second kappa shape index (κ2) is 10.1. The Balaban J connectivity index is 1.41. The molecule has 8 heteroatoms. The van der Waals surface area contributed by atoms with E-state index in [-0.39, 0.29) is 12.3 Å². The highest BCUT2D eigenvalue weighted by molar-refractivity contribution is 6.04. The van der Waals surface area contributed by atoms with Crippen molar-refractivity contribution in [1.29, 1.82) is 0 Å². The minimum Gasteiger partial charge on any atom is -0.485 e. The molecule has 4 N–H and O–H groups in total. The third-order valence-corrected chi connectivity index (χ3v) is 4.81. The monoisotopic (exact) mass is 442 g/mol. The van der Waals surface area contributed by atoms with E-state index < -0.39 is 12.1 Å². The molecule has 1 heterocycles. The molecule has 33 heavy (non-hydrogen) atoms. The van der Waals surface area contributed by atoms with Gasteiger partial charge < -0.3 is 25.5 Å². The number of hydrogen-bond donors (Lipinski definition) is 4. The zero-order valence-electron chi connectivity index (χ0n) is 17.6. The molecular formula is C25H22N4O4. The fraction of sp³-hybridized carbons (Fsp3) is 0.0800. The molecule has 0 aliphatic carbocycles. The number of aromatic nitrogens is 2. The average Bonchev–Trinajstić information content (AvgIpc) is 3.33. The molecule has 0 fully saturated rings. The number of H-pyrrole nitrogens is 1. The molecular weight excluding hydrogens is 420 g/mol. The van der Waals surface area contributed by atoms with Crippen LogP contribution >= 0.6 is 0 Å². The van der Waals surface area contributed by atoms with Crippen molar-refractivity contribution in [2.75, 3.05) is 10.6 Å². The Morgan fingerprint density at radius 3 is 2.45 bits per heavy atom. The fourth-order valence-corrected chi connectivity index (χ4v) is 3.25. The molecule has 4 aromatic rings. The summed E-state index contributed by atoms with van der Waals surface area (Å²) in [5.41, 5.74) is 2.58. The van der Waals surface area contributed by atoms with Crippen molar-refractivity contribution in [3.05, 3.63) is 102 Å². The van der Waals surface area contributed by atoms with E-state index in [1.807, 2.05) is 36.4 Å². The topological polar surface area (TPSA) is 116 Å². The smallest absolute Gasteiger partial charge is 0.307 e. The molecule has 0 saturated heterocycles. The summed E-state index contributed by atoms with van der Waals surface area (Å²) in [5.74, 6) is -0.121. The predicted molar refractivity (Wildman–Crippen MR) is 125 cm³/mol. The minimum absolute atomic E-state index is 0.162. The van der Waals surface area contributed by atoms with Crippen molar-refractivity contribution in [1.82, 2.24) is 9.97 Å². The Morgan fingerprint density at radius 2 is 1.76 bits per heavy atom. The third-order valence-electron chi connectivity index (χ3n) is 4.81. The number of carboxylic acids is 1. The van der Waals surface area contributed by atoms with Crippen LogP contribution in [0.4, 0.5) is 17.3 Å². The number of aromatic amines is 1. The van der Waals surface area contributed by atoms with Gasteiger partial charge in [0.05, 0.1) is 6.42 Å². The Bertz CT molecular complexity index is 1210. The molecule has 0 aliphatic rings. The number of amides is 1. The zero-order valence-corrected chi connectivity index (χ0v) is 17.6. The summed E-state index contributed by atoms with van der Waals surface area (Å²) in [5, 5.41) is 15.2. The van der Waals surface area contributed by atoms with Gasteiger partial charge in [-0.15, -0.1) is 0 Å². The Morgan fingerprint density at radius 1 is 0.970 bits per heavy atom. The first-order chi connectivity index (χ1) is 16.1. The summed E-state index contributed by atoms with van der Waals surface area (Å²) in [7, 11) is 0. The molecule has 3 aromatic carbocycles. The van der Waals surface area contributed by atoms with E-state index in [9.17, 15) is 14.7 Å². The van der Waals surface area contributed by atoms with Crippen LogP contribution in [0.25, 0.3) is 0 Å². The third kappa shape index (κ3) is 5.98. The van der Waals surface area contributed by atoms with Gasteiger partial charge in [0.1, 0.15) is 11.9 Å². The molecule has 0 spiro atoms. The highest BCUT2D eigenvalue weighted by Gasteiger charge is 2.17. The van der Waals surface area contributed by atoms with Crippen molar-refractivity contribution >= 4 is 29.2 Å². The molecule has 1 aromatic heterocycles. The molecule has 1 unspecified atom stereocenters. The van der Waals surface area contributed by atoms with Crippen LogP contribution in [0.15, 0.2) is 91.3 Å². The van der Waals surface area contributed by atoms with E-state index in [4.69, 9.17) is 4.74 Å². The van der Waals surface area contributed by atoms with Gasteiger partial charge in [-0.2, -0.15) is 0 Å². The van der Waals surface area contributed by atoms with E-state index in [1.54, 1.807) is 54.9 Å². The quantitative estimate of drug-likeness (QED) is 0.290. The highest BCUT2D eigenvalue weighted by Crippen LogP contribution is 2.26. The SMILES string of the molecule is O=C(O)CC(Oc1ccc(NC(=O)c2cccc(Nc3ncc[nH]3)c2)cc1)c1ccccc1. The van der Waals surface area contributed by atoms with Gasteiger partial charge in [0, 0.05) is 29.3 Å². The van der Waals surface area contributed by atoms with Gasteiger partial charge in [-0.25, -0.2) is 4.98 Å². The molecule has 1 atom stereocenters. The van der Waals surface area contributed by atoms with Crippen molar-refractivity contribution in [2.24, 2.45) is 0 Å².